The Hall–Kier alpha value is -7.38. The van der Waals surface area contributed by atoms with Gasteiger partial charge in [-0.15, -0.1) is 22.7 Å². The topological polar surface area (TPSA) is 51.6 Å². The van der Waals surface area contributed by atoms with Crippen LogP contribution >= 0.6 is 22.7 Å². The summed E-state index contributed by atoms with van der Waals surface area (Å²) in [6.07, 6.45) is 1.88. The van der Waals surface area contributed by atoms with Crippen LogP contribution in [0.4, 0.5) is 0 Å². The lowest BCUT2D eigenvalue weighted by Crippen LogP contribution is -1.97. The van der Waals surface area contributed by atoms with Crippen molar-refractivity contribution in [2.75, 3.05) is 0 Å². The van der Waals surface area contributed by atoms with Gasteiger partial charge in [0.1, 0.15) is 0 Å². The quantitative estimate of drug-likeness (QED) is 0.168. The van der Waals surface area contributed by atoms with E-state index >= 15 is 0 Å². The van der Waals surface area contributed by atoms with Gasteiger partial charge in [0.05, 0.1) is 16.9 Å². The third-order valence-electron chi connectivity index (χ3n) is 11.3. The van der Waals surface area contributed by atoms with Crippen LogP contribution in [-0.2, 0) is 0 Å². The molecule has 0 saturated heterocycles. The summed E-state index contributed by atoms with van der Waals surface area (Å²) < 4.78 is 5.18. The lowest BCUT2D eigenvalue weighted by molar-refractivity contribution is 1.18. The van der Waals surface area contributed by atoms with Gasteiger partial charge in [0.15, 0.2) is 11.6 Å². The van der Waals surface area contributed by atoms with Gasteiger partial charge in [-0.05, 0) is 89.0 Å². The molecule has 0 fully saturated rings. The molecule has 4 heterocycles. The van der Waals surface area contributed by atoms with Crippen LogP contribution in [0.1, 0.15) is 0 Å². The number of hydrogen-bond acceptors (Lipinski definition) is 6. The Kier molecular flexibility index (Phi) is 8.18. The molecule has 0 saturated carbocycles. The van der Waals surface area contributed by atoms with Gasteiger partial charge in [-0.1, -0.05) is 121 Å². The van der Waals surface area contributed by atoms with Crippen LogP contribution in [0.2, 0.25) is 0 Å². The first-order valence-corrected chi connectivity index (χ1v) is 21.6. The first-order valence-electron chi connectivity index (χ1n) is 19.9. The van der Waals surface area contributed by atoms with E-state index in [-0.39, 0.29) is 0 Å². The van der Waals surface area contributed by atoms with Gasteiger partial charge in [-0.3, -0.25) is 0 Å². The number of aromatic nitrogens is 4. The summed E-state index contributed by atoms with van der Waals surface area (Å²) in [7, 11) is 0. The van der Waals surface area contributed by atoms with Crippen molar-refractivity contribution in [3.8, 4) is 67.5 Å². The summed E-state index contributed by atoms with van der Waals surface area (Å²) in [6, 6.07) is 66.9. The maximum absolute atomic E-state index is 5.34. The number of hydrogen-bond donors (Lipinski definition) is 0. The van der Waals surface area contributed by atoms with Gasteiger partial charge in [-0.2, -0.15) is 0 Å². The Labute approximate surface area is 353 Å². The van der Waals surface area contributed by atoms with Crippen molar-refractivity contribution in [3.05, 3.63) is 194 Å². The Morgan fingerprint density at radius 3 is 1.45 bits per heavy atom. The van der Waals surface area contributed by atoms with E-state index in [1.54, 1.807) is 0 Å². The van der Waals surface area contributed by atoms with E-state index in [0.29, 0.717) is 11.6 Å². The third kappa shape index (κ3) is 6.13. The van der Waals surface area contributed by atoms with Gasteiger partial charge in [0.2, 0.25) is 0 Å². The first-order chi connectivity index (χ1) is 29.7. The van der Waals surface area contributed by atoms with E-state index in [4.69, 9.17) is 15.0 Å². The highest BCUT2D eigenvalue weighted by atomic mass is 32.1. The number of rotatable bonds is 6. The lowest BCUT2D eigenvalue weighted by Gasteiger charge is -2.14. The highest BCUT2D eigenvalue weighted by Crippen LogP contribution is 2.41. The maximum Gasteiger partial charge on any atom is 0.160 e. The molecule has 12 rings (SSSR count). The second-order valence-electron chi connectivity index (χ2n) is 15.1. The Bertz CT molecular complexity index is 3480. The molecule has 4 nitrogen and oxygen atoms in total. The van der Waals surface area contributed by atoms with Crippen LogP contribution in [0.15, 0.2) is 194 Å². The molecule has 6 heteroatoms. The molecular weight excluding hydrogens is 769 g/mol. The van der Waals surface area contributed by atoms with Crippen molar-refractivity contribution in [1.29, 1.82) is 0 Å². The van der Waals surface area contributed by atoms with Crippen LogP contribution in [0, 0.1) is 0 Å². The minimum absolute atomic E-state index is 0.654. The molecule has 4 aromatic heterocycles. The van der Waals surface area contributed by atoms with Gasteiger partial charge in [0.25, 0.3) is 0 Å². The second-order valence-corrected chi connectivity index (χ2v) is 17.2. The minimum Gasteiger partial charge on any atom is -0.236 e. The fourth-order valence-electron chi connectivity index (χ4n) is 8.28. The molecule has 0 aliphatic heterocycles. The zero-order chi connectivity index (χ0) is 39.6. The summed E-state index contributed by atoms with van der Waals surface area (Å²) >= 11 is 3.69. The van der Waals surface area contributed by atoms with Crippen LogP contribution in [0.3, 0.4) is 0 Å². The van der Waals surface area contributed by atoms with Crippen molar-refractivity contribution in [3.63, 3.8) is 0 Å². The molecule has 280 valence electrons. The molecule has 60 heavy (non-hydrogen) atoms. The first kappa shape index (κ1) is 34.6. The number of fused-ring (bicyclic) bond motifs is 7. The molecule has 0 aliphatic carbocycles. The predicted molar refractivity (Wildman–Crippen MR) is 254 cm³/mol. The average molecular weight is 801 g/mol. The molecule has 0 atom stereocenters. The van der Waals surface area contributed by atoms with Gasteiger partial charge >= 0.3 is 0 Å². The number of thiophene rings is 2. The molecule has 0 spiro atoms. The summed E-state index contributed by atoms with van der Waals surface area (Å²) in [4.78, 5) is 20.0. The van der Waals surface area contributed by atoms with Crippen LogP contribution in [-0.4, -0.2) is 19.9 Å². The smallest absolute Gasteiger partial charge is 0.160 e. The predicted octanol–water partition coefficient (Wildman–Crippen LogP) is 15.2. The monoisotopic (exact) mass is 800 g/mol. The van der Waals surface area contributed by atoms with E-state index in [1.807, 2.05) is 59.2 Å². The van der Waals surface area contributed by atoms with E-state index in [9.17, 15) is 0 Å². The second kappa shape index (κ2) is 14.2. The van der Waals surface area contributed by atoms with Crippen molar-refractivity contribution in [1.82, 2.24) is 19.9 Å². The van der Waals surface area contributed by atoms with Gasteiger partial charge < -0.3 is 0 Å². The molecule has 0 amide bonds. The standard InChI is InChI=1S/C54H32N4S2/c1-2-10-33(11-3-1)47-31-48(58-54(57-47)35-20-18-34(19-21-35)53-55-32-38-12-4-7-15-46(38)56-53)41-27-39(36-22-24-51-44(29-36)42-13-5-8-16-49(42)59-51)26-40(28-41)37-23-25-52-45(30-37)43-14-6-9-17-50(43)60-52/h1-32H. The zero-order valence-corrected chi connectivity index (χ0v) is 33.7. The summed E-state index contributed by atoms with van der Waals surface area (Å²) in [5, 5.41) is 6.15. The SMILES string of the molecule is c1ccc(-c2cc(-c3cc(-c4ccc5sc6ccccc6c5c4)cc(-c4ccc5sc6ccccc6c5c4)c3)nc(-c3ccc(-c4ncc5ccccc5n4)cc3)n2)cc1. The summed E-state index contributed by atoms with van der Waals surface area (Å²) in [5.41, 5.74) is 11.2. The van der Waals surface area contributed by atoms with Crippen molar-refractivity contribution < 1.29 is 0 Å². The van der Waals surface area contributed by atoms with Crippen LogP contribution < -0.4 is 0 Å². The number of para-hydroxylation sites is 1. The average Bonchev–Trinajstić information content (AvgIpc) is 3.89. The third-order valence-corrected chi connectivity index (χ3v) is 13.6. The molecule has 0 radical (unpaired) electrons. The minimum atomic E-state index is 0.654. The largest absolute Gasteiger partial charge is 0.236 e. The summed E-state index contributed by atoms with van der Waals surface area (Å²) in [5.74, 6) is 1.34. The van der Waals surface area contributed by atoms with E-state index in [0.717, 1.165) is 55.7 Å². The fourth-order valence-corrected chi connectivity index (χ4v) is 10.5. The van der Waals surface area contributed by atoms with E-state index in [1.165, 1.54) is 51.5 Å². The highest BCUT2D eigenvalue weighted by molar-refractivity contribution is 7.26. The van der Waals surface area contributed by atoms with Crippen molar-refractivity contribution in [2.45, 2.75) is 0 Å². The normalized spacial score (nSPS) is 11.7. The number of nitrogens with zero attached hydrogens (tertiary/aromatic N) is 4. The van der Waals surface area contributed by atoms with Gasteiger partial charge in [0, 0.05) is 74.2 Å². The van der Waals surface area contributed by atoms with Crippen LogP contribution in [0.25, 0.3) is 119 Å². The summed E-state index contributed by atoms with van der Waals surface area (Å²) in [6.45, 7) is 0. The Balaban J connectivity index is 1.03. The van der Waals surface area contributed by atoms with Crippen LogP contribution in [0.5, 0.6) is 0 Å². The Morgan fingerprint density at radius 2 is 0.800 bits per heavy atom. The molecule has 0 aliphatic rings. The van der Waals surface area contributed by atoms with E-state index in [2.05, 4.69) is 163 Å². The lowest BCUT2D eigenvalue weighted by atomic mass is 9.93. The maximum atomic E-state index is 5.34. The fraction of sp³-hybridized carbons (Fsp3) is 0. The zero-order valence-electron chi connectivity index (χ0n) is 32.1. The molecule has 0 unspecified atom stereocenters. The molecule has 8 aromatic carbocycles. The number of benzene rings is 8. The van der Waals surface area contributed by atoms with Crippen molar-refractivity contribution >= 4 is 73.9 Å². The van der Waals surface area contributed by atoms with Gasteiger partial charge in [-0.25, -0.2) is 19.9 Å². The van der Waals surface area contributed by atoms with Crippen molar-refractivity contribution in [2.24, 2.45) is 0 Å². The molecule has 0 N–H and O–H groups in total. The molecule has 12 aromatic rings. The highest BCUT2D eigenvalue weighted by Gasteiger charge is 2.16. The Morgan fingerprint density at radius 1 is 0.300 bits per heavy atom. The molecule has 0 bridgehead atoms. The molecular formula is C54H32N4S2. The van der Waals surface area contributed by atoms with E-state index < -0.39 is 0 Å².